The maximum absolute atomic E-state index is 10.0. The van der Waals surface area contributed by atoms with Crippen LogP contribution in [0.4, 0.5) is 0 Å². The van der Waals surface area contributed by atoms with Gasteiger partial charge in [-0.2, -0.15) is 0 Å². The summed E-state index contributed by atoms with van der Waals surface area (Å²) in [6, 6.07) is 0. The molecular weight excluding hydrogens is 202 g/mol. The second kappa shape index (κ2) is 2.81. The van der Waals surface area contributed by atoms with Crippen LogP contribution in [0.15, 0.2) is 12.2 Å². The number of hydrogen-bond acceptors (Lipinski definition) is 2. The van der Waals surface area contributed by atoms with E-state index in [1.54, 1.807) is 0 Å². The van der Waals surface area contributed by atoms with Crippen LogP contribution >= 0.6 is 0 Å². The van der Waals surface area contributed by atoms with E-state index in [9.17, 15) is 9.59 Å². The van der Waals surface area contributed by atoms with Gasteiger partial charge in [0.2, 0.25) is 0 Å². The summed E-state index contributed by atoms with van der Waals surface area (Å²) in [7, 11) is 0. The van der Waals surface area contributed by atoms with E-state index in [1.165, 1.54) is 12.2 Å². The molecule has 47 valence electrons. The average molecular weight is 205 g/mol. The molecule has 2 amide bonds. The molecule has 1 aliphatic rings. The van der Waals surface area contributed by atoms with Crippen molar-refractivity contribution in [3.63, 3.8) is 0 Å². The van der Waals surface area contributed by atoms with Gasteiger partial charge in [-0.25, -0.2) is 0 Å². The quantitative estimate of drug-likeness (QED) is 0.415. The Morgan fingerprint density at radius 3 is 1.62 bits per heavy atom. The summed E-state index contributed by atoms with van der Waals surface area (Å²) >= 11 is 0. The molecule has 1 radical (unpaired) electrons. The number of amides is 2. The third-order valence-corrected chi connectivity index (χ3v) is 0.632. The van der Waals surface area contributed by atoms with Crippen LogP contribution in [0.25, 0.3) is 0 Å². The molecule has 1 N–H and O–H groups in total. The van der Waals surface area contributed by atoms with Gasteiger partial charge >= 0.3 is 0 Å². The van der Waals surface area contributed by atoms with E-state index in [4.69, 9.17) is 0 Å². The fourth-order valence-electron chi connectivity index (χ4n) is 0.356. The minimum atomic E-state index is -0.329. The Labute approximate surface area is 61.6 Å². The molecule has 0 aromatic rings. The topological polar surface area (TPSA) is 46.2 Å². The average Bonchev–Trinajstić information content (AvgIpc) is 1.87. The maximum atomic E-state index is 10.0. The van der Waals surface area contributed by atoms with Crippen LogP contribution in [0.3, 0.4) is 0 Å². The zero-order chi connectivity index (χ0) is 5.28. The molecule has 0 aromatic heterocycles. The van der Waals surface area contributed by atoms with Crippen LogP contribution in [-0.4, -0.2) is 11.8 Å². The summed E-state index contributed by atoms with van der Waals surface area (Å²) in [5.74, 6) is -0.657. The predicted octanol–water partition coefficient (Wildman–Crippen LogP) is -0.804. The van der Waals surface area contributed by atoms with Crippen molar-refractivity contribution in [3.05, 3.63) is 12.2 Å². The fourth-order valence-corrected chi connectivity index (χ4v) is 0.356. The summed E-state index contributed by atoms with van der Waals surface area (Å²) < 4.78 is 0. The summed E-state index contributed by atoms with van der Waals surface area (Å²) in [4.78, 5) is 20.1. The van der Waals surface area contributed by atoms with Crippen molar-refractivity contribution in [1.82, 2.24) is 5.32 Å². The molecule has 1 aliphatic heterocycles. The minimum absolute atomic E-state index is 0. The first kappa shape index (κ1) is 7.62. The molecule has 0 saturated carbocycles. The number of carbonyl (C=O) groups excluding carboxylic acids is 2. The van der Waals surface area contributed by atoms with Gasteiger partial charge in [0.1, 0.15) is 0 Å². The Hall–Kier alpha value is -0.380. The van der Waals surface area contributed by atoms with Crippen LogP contribution in [0, 0.1) is 0 Å². The molecule has 4 heteroatoms. The van der Waals surface area contributed by atoms with Crippen molar-refractivity contribution in [2.45, 2.75) is 0 Å². The van der Waals surface area contributed by atoms with Gasteiger partial charge in [0.15, 0.2) is 0 Å². The molecule has 0 unspecified atom stereocenters. The zero-order valence-corrected chi connectivity index (χ0v) is 5.25. The number of carbonyl (C=O) groups is 2. The van der Waals surface area contributed by atoms with Gasteiger partial charge in [-0.3, -0.25) is 14.9 Å². The van der Waals surface area contributed by atoms with E-state index in [0.29, 0.717) is 0 Å². The van der Waals surface area contributed by atoms with Gasteiger partial charge in [0.05, 0.1) is 0 Å². The van der Waals surface area contributed by atoms with Gasteiger partial charge < -0.3 is 0 Å². The normalized spacial score (nSPS) is 15.5. The largest absolute Gasteiger partial charge is 0.289 e. The molecule has 0 atom stereocenters. The first-order chi connectivity index (χ1) is 3.29. The molecule has 1 heterocycles. The molecule has 0 saturated heterocycles. The van der Waals surface area contributed by atoms with Crippen molar-refractivity contribution >= 4 is 11.8 Å². The Balaban J connectivity index is 0.000000490. The van der Waals surface area contributed by atoms with Crippen LogP contribution < -0.4 is 5.32 Å². The second-order valence-electron chi connectivity index (χ2n) is 1.19. The Morgan fingerprint density at radius 1 is 1.12 bits per heavy atom. The van der Waals surface area contributed by atoms with Crippen molar-refractivity contribution in [2.24, 2.45) is 0 Å². The molecule has 3 nitrogen and oxygen atoms in total. The minimum Gasteiger partial charge on any atom is -0.289 e. The standard InChI is InChI=1S/C4H3NO2.Ag/c6-3-1-2-4(7)5-3;/h1-2H,(H,5,6,7);. The first-order valence-corrected chi connectivity index (χ1v) is 1.82. The van der Waals surface area contributed by atoms with E-state index >= 15 is 0 Å². The molecule has 8 heavy (non-hydrogen) atoms. The summed E-state index contributed by atoms with van der Waals surface area (Å²) in [5, 5.41) is 2.03. The van der Waals surface area contributed by atoms with Crippen LogP contribution in [-0.2, 0) is 32.0 Å². The Kier molecular flexibility index (Phi) is 2.68. The molecule has 0 spiro atoms. The van der Waals surface area contributed by atoms with Crippen LogP contribution in [0.1, 0.15) is 0 Å². The van der Waals surface area contributed by atoms with Gasteiger partial charge in [0.25, 0.3) is 11.8 Å². The monoisotopic (exact) mass is 204 g/mol. The van der Waals surface area contributed by atoms with Gasteiger partial charge in [-0.15, -0.1) is 0 Å². The molecule has 1 rings (SSSR count). The van der Waals surface area contributed by atoms with Crippen LogP contribution in [0.2, 0.25) is 0 Å². The second-order valence-corrected chi connectivity index (χ2v) is 1.19. The molecule has 0 aromatic carbocycles. The number of hydrogen-bond donors (Lipinski definition) is 1. The SMILES string of the molecule is O=C1C=CC(=O)N1.[Ag]. The summed E-state index contributed by atoms with van der Waals surface area (Å²) in [5.41, 5.74) is 0. The third-order valence-electron chi connectivity index (χ3n) is 0.632. The summed E-state index contributed by atoms with van der Waals surface area (Å²) in [6.45, 7) is 0. The van der Waals surface area contributed by atoms with Crippen molar-refractivity contribution < 1.29 is 32.0 Å². The van der Waals surface area contributed by atoms with E-state index in [-0.39, 0.29) is 34.2 Å². The Bertz CT molecular complexity index is 136. The van der Waals surface area contributed by atoms with Crippen LogP contribution in [0.5, 0.6) is 0 Å². The van der Waals surface area contributed by atoms with E-state index < -0.39 is 0 Å². The molecule has 0 bridgehead atoms. The fraction of sp³-hybridized carbons (Fsp3) is 0. The van der Waals surface area contributed by atoms with Gasteiger partial charge in [-0.05, 0) is 0 Å². The van der Waals surface area contributed by atoms with E-state index in [2.05, 4.69) is 0 Å². The first-order valence-electron chi connectivity index (χ1n) is 1.82. The third kappa shape index (κ3) is 1.61. The number of imide groups is 1. The Morgan fingerprint density at radius 2 is 1.50 bits per heavy atom. The van der Waals surface area contributed by atoms with E-state index in [0.717, 1.165) is 0 Å². The smallest absolute Gasteiger partial charge is 0.250 e. The van der Waals surface area contributed by atoms with Crippen molar-refractivity contribution in [2.75, 3.05) is 0 Å². The van der Waals surface area contributed by atoms with E-state index in [1.807, 2.05) is 5.32 Å². The zero-order valence-electron chi connectivity index (χ0n) is 3.77. The summed E-state index contributed by atoms with van der Waals surface area (Å²) in [6.07, 6.45) is 2.39. The molecular formula is C4H3AgNO2. The van der Waals surface area contributed by atoms with Crippen molar-refractivity contribution in [1.29, 1.82) is 0 Å². The molecule has 0 aliphatic carbocycles. The van der Waals surface area contributed by atoms with Crippen molar-refractivity contribution in [3.8, 4) is 0 Å². The number of nitrogens with one attached hydrogen (secondary N) is 1. The van der Waals surface area contributed by atoms with Gasteiger partial charge in [0, 0.05) is 34.5 Å². The maximum Gasteiger partial charge on any atom is 0.250 e. The van der Waals surface area contributed by atoms with Gasteiger partial charge in [-0.1, -0.05) is 0 Å². The predicted molar refractivity (Wildman–Crippen MR) is 22.3 cm³/mol. The molecule has 0 fully saturated rings. The number of rotatable bonds is 0.